The number of ether oxygens (including phenoxy) is 1. The predicted molar refractivity (Wildman–Crippen MR) is 120 cm³/mol. The first-order chi connectivity index (χ1) is 14.9. The van der Waals surface area contributed by atoms with Gasteiger partial charge in [0.05, 0.1) is 12.0 Å². The van der Waals surface area contributed by atoms with E-state index in [-0.39, 0.29) is 4.90 Å². The Kier molecular flexibility index (Phi) is 5.62. The molecule has 4 rings (SSSR count). The van der Waals surface area contributed by atoms with Gasteiger partial charge in [0.15, 0.2) is 5.65 Å². The molecule has 9 heteroatoms. The van der Waals surface area contributed by atoms with Crippen LogP contribution in [0.3, 0.4) is 0 Å². The number of methoxy groups -OCH3 is 1. The summed E-state index contributed by atoms with van der Waals surface area (Å²) in [6.07, 6.45) is 1.65. The van der Waals surface area contributed by atoms with Crippen LogP contribution in [0.2, 0.25) is 0 Å². The Hall–Kier alpha value is -3.43. The SMILES string of the molecule is COc1ccccc1CNc1ccc(-c2ccc(S(=O)(=O)N(C)C)cc2)c2nncn12. The molecular weight excluding hydrogens is 414 g/mol. The molecule has 4 aromatic rings. The molecule has 2 heterocycles. The highest BCUT2D eigenvalue weighted by molar-refractivity contribution is 7.89. The van der Waals surface area contributed by atoms with Gasteiger partial charge in [0, 0.05) is 31.8 Å². The number of benzene rings is 2. The maximum Gasteiger partial charge on any atom is 0.242 e. The number of nitrogens with one attached hydrogen (secondary N) is 1. The second kappa shape index (κ2) is 8.37. The van der Waals surface area contributed by atoms with E-state index in [1.807, 2.05) is 40.8 Å². The summed E-state index contributed by atoms with van der Waals surface area (Å²) in [4.78, 5) is 0.244. The fraction of sp³-hybridized carbons (Fsp3) is 0.182. The van der Waals surface area contributed by atoms with E-state index in [1.165, 1.54) is 18.4 Å². The summed E-state index contributed by atoms with van der Waals surface area (Å²) < 4.78 is 33.1. The van der Waals surface area contributed by atoms with Crippen molar-refractivity contribution in [2.24, 2.45) is 0 Å². The van der Waals surface area contributed by atoms with Gasteiger partial charge in [-0.25, -0.2) is 12.7 Å². The molecule has 2 aromatic carbocycles. The maximum atomic E-state index is 12.3. The zero-order valence-electron chi connectivity index (χ0n) is 17.5. The molecular formula is C22H23N5O3S. The molecule has 8 nitrogen and oxygen atoms in total. The van der Waals surface area contributed by atoms with Gasteiger partial charge in [-0.3, -0.25) is 4.40 Å². The number of fused-ring (bicyclic) bond motifs is 1. The third-order valence-electron chi connectivity index (χ3n) is 5.05. The third kappa shape index (κ3) is 3.97. The molecule has 0 atom stereocenters. The first-order valence-electron chi connectivity index (χ1n) is 9.63. The van der Waals surface area contributed by atoms with Gasteiger partial charge in [0.1, 0.15) is 17.9 Å². The van der Waals surface area contributed by atoms with Crippen LogP contribution in [0.15, 0.2) is 71.9 Å². The maximum absolute atomic E-state index is 12.3. The minimum absolute atomic E-state index is 0.244. The van der Waals surface area contributed by atoms with Gasteiger partial charge < -0.3 is 10.1 Å². The van der Waals surface area contributed by atoms with E-state index in [2.05, 4.69) is 15.5 Å². The molecule has 2 aromatic heterocycles. The minimum Gasteiger partial charge on any atom is -0.496 e. The number of anilines is 1. The van der Waals surface area contributed by atoms with E-state index in [9.17, 15) is 8.42 Å². The van der Waals surface area contributed by atoms with Crippen LogP contribution in [0.5, 0.6) is 5.75 Å². The minimum atomic E-state index is -3.47. The summed E-state index contributed by atoms with van der Waals surface area (Å²) >= 11 is 0. The zero-order valence-corrected chi connectivity index (χ0v) is 18.3. The number of sulfonamides is 1. The number of aromatic nitrogens is 3. The smallest absolute Gasteiger partial charge is 0.242 e. The Bertz CT molecular complexity index is 1310. The monoisotopic (exact) mass is 437 g/mol. The van der Waals surface area contributed by atoms with Crippen LogP contribution in [0.25, 0.3) is 16.8 Å². The Morgan fingerprint density at radius 3 is 2.48 bits per heavy atom. The number of hydrogen-bond donors (Lipinski definition) is 1. The van der Waals surface area contributed by atoms with E-state index in [1.54, 1.807) is 37.7 Å². The molecule has 160 valence electrons. The number of para-hydroxylation sites is 1. The summed E-state index contributed by atoms with van der Waals surface area (Å²) in [5, 5.41) is 11.7. The number of pyridine rings is 1. The van der Waals surface area contributed by atoms with E-state index in [0.29, 0.717) is 12.2 Å². The topological polar surface area (TPSA) is 88.8 Å². The largest absolute Gasteiger partial charge is 0.496 e. The zero-order chi connectivity index (χ0) is 22.0. The average molecular weight is 438 g/mol. The molecule has 0 aliphatic carbocycles. The molecule has 0 amide bonds. The Morgan fingerprint density at radius 1 is 1.03 bits per heavy atom. The fourth-order valence-electron chi connectivity index (χ4n) is 3.33. The van der Waals surface area contributed by atoms with Crippen molar-refractivity contribution >= 4 is 21.5 Å². The van der Waals surface area contributed by atoms with Gasteiger partial charge in [0.2, 0.25) is 10.0 Å². The Morgan fingerprint density at radius 2 is 1.77 bits per heavy atom. The summed E-state index contributed by atoms with van der Waals surface area (Å²) in [5.74, 6) is 1.65. The lowest BCUT2D eigenvalue weighted by atomic mass is 10.1. The molecule has 0 saturated heterocycles. The molecule has 0 spiro atoms. The molecule has 0 aliphatic heterocycles. The van der Waals surface area contributed by atoms with Crippen molar-refractivity contribution in [3.63, 3.8) is 0 Å². The number of rotatable bonds is 7. The van der Waals surface area contributed by atoms with Gasteiger partial charge in [0.25, 0.3) is 0 Å². The molecule has 0 radical (unpaired) electrons. The summed E-state index contributed by atoms with van der Waals surface area (Å²) in [5.41, 5.74) is 3.42. The van der Waals surface area contributed by atoms with Gasteiger partial charge in [-0.05, 0) is 35.9 Å². The lowest BCUT2D eigenvalue weighted by Gasteiger charge is -2.14. The fourth-order valence-corrected chi connectivity index (χ4v) is 4.24. The lowest BCUT2D eigenvalue weighted by molar-refractivity contribution is 0.410. The van der Waals surface area contributed by atoms with Gasteiger partial charge in [-0.2, -0.15) is 0 Å². The Labute approximate surface area is 181 Å². The second-order valence-corrected chi connectivity index (χ2v) is 9.29. The predicted octanol–water partition coefficient (Wildman–Crippen LogP) is 3.27. The van der Waals surface area contributed by atoms with Crippen LogP contribution in [-0.4, -0.2) is 48.5 Å². The van der Waals surface area contributed by atoms with E-state index >= 15 is 0 Å². The molecule has 0 fully saturated rings. The van der Waals surface area contributed by atoms with Crippen LogP contribution in [0.4, 0.5) is 5.82 Å². The van der Waals surface area contributed by atoms with Crippen LogP contribution in [0.1, 0.15) is 5.56 Å². The molecule has 31 heavy (non-hydrogen) atoms. The second-order valence-electron chi connectivity index (χ2n) is 7.13. The Balaban J connectivity index is 1.64. The molecule has 0 aliphatic rings. The number of nitrogens with zero attached hydrogens (tertiary/aromatic N) is 4. The van der Waals surface area contributed by atoms with Gasteiger partial charge in [-0.15, -0.1) is 10.2 Å². The van der Waals surface area contributed by atoms with Crippen LogP contribution in [0, 0.1) is 0 Å². The van der Waals surface area contributed by atoms with Gasteiger partial charge in [-0.1, -0.05) is 30.3 Å². The summed E-state index contributed by atoms with van der Waals surface area (Å²) in [6.45, 7) is 0.577. The lowest BCUT2D eigenvalue weighted by Crippen LogP contribution is -2.22. The molecule has 0 bridgehead atoms. The quantitative estimate of drug-likeness (QED) is 0.477. The van der Waals surface area contributed by atoms with E-state index in [4.69, 9.17) is 4.74 Å². The van der Waals surface area contributed by atoms with Crippen molar-refractivity contribution in [1.82, 2.24) is 18.9 Å². The highest BCUT2D eigenvalue weighted by atomic mass is 32.2. The van der Waals surface area contributed by atoms with Crippen molar-refractivity contribution in [3.05, 3.63) is 72.6 Å². The highest BCUT2D eigenvalue weighted by Gasteiger charge is 2.17. The molecule has 0 saturated carbocycles. The molecule has 0 unspecified atom stereocenters. The standard InChI is InChI=1S/C22H23N5O3S/c1-26(2)31(28,29)18-10-8-16(9-11-18)19-12-13-21(27-15-24-25-22(19)27)23-14-17-6-4-5-7-20(17)30-3/h4-13,15,23H,14H2,1-3H3. The van der Waals surface area contributed by atoms with E-state index in [0.717, 1.165) is 28.3 Å². The summed E-state index contributed by atoms with van der Waals surface area (Å²) in [6, 6.07) is 18.5. The van der Waals surface area contributed by atoms with Crippen LogP contribution < -0.4 is 10.1 Å². The van der Waals surface area contributed by atoms with Crippen molar-refractivity contribution in [3.8, 4) is 16.9 Å². The molecule has 1 N–H and O–H groups in total. The number of hydrogen-bond acceptors (Lipinski definition) is 6. The normalized spacial score (nSPS) is 11.7. The van der Waals surface area contributed by atoms with Crippen LogP contribution in [-0.2, 0) is 16.6 Å². The average Bonchev–Trinajstić information content (AvgIpc) is 3.28. The first kappa shape index (κ1) is 20.8. The van der Waals surface area contributed by atoms with E-state index < -0.39 is 10.0 Å². The van der Waals surface area contributed by atoms with Crippen molar-refractivity contribution in [2.45, 2.75) is 11.4 Å². The first-order valence-corrected chi connectivity index (χ1v) is 11.1. The van der Waals surface area contributed by atoms with Crippen molar-refractivity contribution in [2.75, 3.05) is 26.5 Å². The summed E-state index contributed by atoms with van der Waals surface area (Å²) in [7, 11) is 1.21. The van der Waals surface area contributed by atoms with Gasteiger partial charge >= 0.3 is 0 Å². The third-order valence-corrected chi connectivity index (χ3v) is 6.88. The highest BCUT2D eigenvalue weighted by Crippen LogP contribution is 2.28. The van der Waals surface area contributed by atoms with Crippen LogP contribution >= 0.6 is 0 Å². The van der Waals surface area contributed by atoms with Crippen molar-refractivity contribution < 1.29 is 13.2 Å². The van der Waals surface area contributed by atoms with Crippen molar-refractivity contribution in [1.29, 1.82) is 0 Å².